The zero-order chi connectivity index (χ0) is 24.1. The molecule has 2 aromatic carbocycles. The minimum atomic E-state index is -3.66. The van der Waals surface area contributed by atoms with E-state index in [4.69, 9.17) is 16.0 Å². The van der Waals surface area contributed by atoms with Crippen molar-refractivity contribution in [1.82, 2.24) is 9.62 Å². The number of hydrogen-bond donors (Lipinski definition) is 1. The lowest BCUT2D eigenvalue weighted by atomic mass is 10.1. The minimum absolute atomic E-state index is 0.0701. The Labute approximate surface area is 204 Å². The van der Waals surface area contributed by atoms with Crippen LogP contribution in [0.5, 0.6) is 0 Å². The first-order valence-electron chi connectivity index (χ1n) is 10.9. The van der Waals surface area contributed by atoms with Crippen molar-refractivity contribution in [2.75, 3.05) is 31.1 Å². The highest BCUT2D eigenvalue weighted by molar-refractivity contribution is 7.89. The van der Waals surface area contributed by atoms with Gasteiger partial charge in [0, 0.05) is 43.0 Å². The van der Waals surface area contributed by atoms with Crippen molar-refractivity contribution in [2.24, 2.45) is 0 Å². The average Bonchev–Trinajstić information content (AvgIpc) is 3.37. The number of nitrogens with one attached hydrogen (secondary N) is 1. The number of benzene rings is 2. The van der Waals surface area contributed by atoms with E-state index in [1.54, 1.807) is 30.3 Å². The number of furan rings is 1. The Morgan fingerprint density at radius 1 is 1.09 bits per heavy atom. The Bertz CT molecular complexity index is 1260. The van der Waals surface area contributed by atoms with Gasteiger partial charge in [-0.15, -0.1) is 0 Å². The molecule has 0 spiro atoms. The number of halogens is 1. The fourth-order valence-corrected chi connectivity index (χ4v) is 4.94. The SMILES string of the molecule is Cc1ccc(Cl)cc1N1CCN(C(=O)/C=C/c2ccc(S(=O)(=O)NCc3ccco3)cc2)CC1. The Morgan fingerprint density at radius 3 is 2.50 bits per heavy atom. The van der Waals surface area contributed by atoms with Crippen LogP contribution in [0.25, 0.3) is 6.08 Å². The van der Waals surface area contributed by atoms with Crippen LogP contribution in [0.3, 0.4) is 0 Å². The molecule has 1 aromatic heterocycles. The predicted octanol–water partition coefficient (Wildman–Crippen LogP) is 4.08. The molecule has 0 unspecified atom stereocenters. The average molecular weight is 500 g/mol. The maximum atomic E-state index is 12.6. The number of aryl methyl sites for hydroxylation is 1. The van der Waals surface area contributed by atoms with Crippen LogP contribution < -0.4 is 9.62 Å². The van der Waals surface area contributed by atoms with Gasteiger partial charge in [-0.25, -0.2) is 13.1 Å². The number of rotatable bonds is 7. The van der Waals surface area contributed by atoms with Crippen LogP contribution in [0.4, 0.5) is 5.69 Å². The Hall–Kier alpha value is -3.07. The second kappa shape index (κ2) is 10.5. The summed E-state index contributed by atoms with van der Waals surface area (Å²) >= 11 is 6.15. The summed E-state index contributed by atoms with van der Waals surface area (Å²) in [7, 11) is -3.66. The fraction of sp³-hybridized carbons (Fsp3) is 0.240. The van der Waals surface area contributed by atoms with Gasteiger partial charge in [0.2, 0.25) is 15.9 Å². The molecule has 178 valence electrons. The summed E-state index contributed by atoms with van der Waals surface area (Å²) in [5, 5.41) is 0.703. The predicted molar refractivity (Wildman–Crippen MR) is 133 cm³/mol. The molecule has 0 bridgehead atoms. The monoisotopic (exact) mass is 499 g/mol. The molecule has 1 aliphatic heterocycles. The third-order valence-electron chi connectivity index (χ3n) is 5.73. The van der Waals surface area contributed by atoms with Crippen LogP contribution in [0.15, 0.2) is 76.2 Å². The molecular formula is C25H26ClN3O4S. The van der Waals surface area contributed by atoms with Crippen molar-refractivity contribution in [3.63, 3.8) is 0 Å². The molecule has 4 rings (SSSR count). The van der Waals surface area contributed by atoms with Crippen LogP contribution in [0, 0.1) is 6.92 Å². The molecule has 2 heterocycles. The Morgan fingerprint density at radius 2 is 1.82 bits per heavy atom. The Balaban J connectivity index is 1.31. The normalized spacial score (nSPS) is 14.6. The minimum Gasteiger partial charge on any atom is -0.468 e. The third kappa shape index (κ3) is 5.88. The topological polar surface area (TPSA) is 82.9 Å². The highest BCUT2D eigenvalue weighted by atomic mass is 35.5. The van der Waals surface area contributed by atoms with Gasteiger partial charge in [-0.1, -0.05) is 29.8 Å². The summed E-state index contributed by atoms with van der Waals surface area (Å²) in [6.07, 6.45) is 4.72. The number of nitrogens with zero attached hydrogens (tertiary/aromatic N) is 2. The summed E-state index contributed by atoms with van der Waals surface area (Å²) in [5.41, 5.74) is 3.00. The highest BCUT2D eigenvalue weighted by Crippen LogP contribution is 2.25. The van der Waals surface area contributed by atoms with Crippen molar-refractivity contribution in [3.05, 3.63) is 88.8 Å². The van der Waals surface area contributed by atoms with Gasteiger partial charge in [-0.05, 0) is 60.5 Å². The molecule has 1 N–H and O–H groups in total. The van der Waals surface area contributed by atoms with E-state index < -0.39 is 10.0 Å². The summed E-state index contributed by atoms with van der Waals surface area (Å²) in [6.45, 7) is 4.84. The molecule has 1 saturated heterocycles. The fourth-order valence-electron chi connectivity index (χ4n) is 3.78. The van der Waals surface area contributed by atoms with E-state index in [-0.39, 0.29) is 17.3 Å². The first-order chi connectivity index (χ1) is 16.3. The summed E-state index contributed by atoms with van der Waals surface area (Å²) in [5.74, 6) is 0.462. The van der Waals surface area contributed by atoms with Crippen molar-refractivity contribution in [3.8, 4) is 0 Å². The van der Waals surface area contributed by atoms with E-state index in [2.05, 4.69) is 16.5 Å². The van der Waals surface area contributed by atoms with Gasteiger partial charge >= 0.3 is 0 Å². The van der Waals surface area contributed by atoms with Crippen LogP contribution in [-0.2, 0) is 21.4 Å². The lowest BCUT2D eigenvalue weighted by molar-refractivity contribution is -0.126. The third-order valence-corrected chi connectivity index (χ3v) is 7.38. The van der Waals surface area contributed by atoms with Gasteiger partial charge < -0.3 is 14.2 Å². The smallest absolute Gasteiger partial charge is 0.246 e. The van der Waals surface area contributed by atoms with Gasteiger partial charge in [0.25, 0.3) is 0 Å². The molecule has 0 atom stereocenters. The maximum Gasteiger partial charge on any atom is 0.246 e. The lowest BCUT2D eigenvalue weighted by Gasteiger charge is -2.36. The highest BCUT2D eigenvalue weighted by Gasteiger charge is 2.21. The van der Waals surface area contributed by atoms with Crippen LogP contribution >= 0.6 is 11.6 Å². The molecule has 7 nitrogen and oxygen atoms in total. The first-order valence-corrected chi connectivity index (χ1v) is 12.8. The zero-order valence-corrected chi connectivity index (χ0v) is 20.3. The van der Waals surface area contributed by atoms with Gasteiger partial charge in [0.05, 0.1) is 17.7 Å². The number of hydrogen-bond acceptors (Lipinski definition) is 5. The van der Waals surface area contributed by atoms with Crippen molar-refractivity contribution in [1.29, 1.82) is 0 Å². The van der Waals surface area contributed by atoms with Crippen LogP contribution in [0.2, 0.25) is 5.02 Å². The van der Waals surface area contributed by atoms with Crippen molar-refractivity contribution >= 4 is 39.3 Å². The standard InChI is InChI=1S/C25H26ClN3O4S/c1-19-4-8-21(26)17-24(19)28-12-14-29(15-13-28)25(30)11-7-20-5-9-23(10-6-20)34(31,32)27-18-22-3-2-16-33-22/h2-11,16-17,27H,12-15,18H2,1H3/b11-7+. The number of piperazine rings is 1. The zero-order valence-electron chi connectivity index (χ0n) is 18.8. The quantitative estimate of drug-likeness (QED) is 0.495. The summed E-state index contributed by atoms with van der Waals surface area (Å²) in [4.78, 5) is 16.8. The molecule has 34 heavy (non-hydrogen) atoms. The molecule has 1 aliphatic rings. The number of amides is 1. The molecule has 0 radical (unpaired) electrons. The van der Waals surface area contributed by atoms with E-state index in [1.165, 1.54) is 24.5 Å². The molecule has 9 heteroatoms. The van der Waals surface area contributed by atoms with E-state index >= 15 is 0 Å². The van der Waals surface area contributed by atoms with E-state index in [0.29, 0.717) is 23.9 Å². The van der Waals surface area contributed by atoms with Crippen molar-refractivity contribution in [2.45, 2.75) is 18.4 Å². The lowest BCUT2D eigenvalue weighted by Crippen LogP contribution is -2.48. The van der Waals surface area contributed by atoms with E-state index in [0.717, 1.165) is 29.9 Å². The van der Waals surface area contributed by atoms with Gasteiger partial charge in [-0.3, -0.25) is 4.79 Å². The molecular weight excluding hydrogens is 474 g/mol. The van der Waals surface area contributed by atoms with E-state index in [9.17, 15) is 13.2 Å². The number of carbonyl (C=O) groups is 1. The summed E-state index contributed by atoms with van der Waals surface area (Å²) < 4.78 is 32.5. The van der Waals surface area contributed by atoms with Crippen LogP contribution in [0.1, 0.15) is 16.9 Å². The Kier molecular flexibility index (Phi) is 7.41. The largest absolute Gasteiger partial charge is 0.468 e. The second-order valence-corrected chi connectivity index (χ2v) is 10.3. The van der Waals surface area contributed by atoms with Gasteiger partial charge in [0.1, 0.15) is 5.76 Å². The van der Waals surface area contributed by atoms with Gasteiger partial charge in [-0.2, -0.15) is 0 Å². The first kappa shape index (κ1) is 24.1. The molecule has 0 saturated carbocycles. The summed E-state index contributed by atoms with van der Waals surface area (Å²) in [6, 6.07) is 15.6. The molecule has 1 fully saturated rings. The molecule has 0 aliphatic carbocycles. The van der Waals surface area contributed by atoms with Crippen LogP contribution in [-0.4, -0.2) is 45.4 Å². The molecule has 1 amide bonds. The number of anilines is 1. The molecule has 3 aromatic rings. The maximum absolute atomic E-state index is 12.6. The van der Waals surface area contributed by atoms with Gasteiger partial charge in [0.15, 0.2) is 0 Å². The number of sulfonamides is 1. The number of carbonyl (C=O) groups excluding carboxylic acids is 1. The van der Waals surface area contributed by atoms with E-state index in [1.807, 2.05) is 23.1 Å². The van der Waals surface area contributed by atoms with Crippen molar-refractivity contribution < 1.29 is 17.6 Å². The second-order valence-electron chi connectivity index (χ2n) is 8.05.